The monoisotopic (exact) mass is 355 g/mol. The van der Waals surface area contributed by atoms with Crippen molar-refractivity contribution in [2.75, 3.05) is 20.3 Å². The minimum absolute atomic E-state index is 0.152. The minimum Gasteiger partial charge on any atom is -0.484 e. The van der Waals surface area contributed by atoms with Gasteiger partial charge in [0.25, 0.3) is 0 Å². The lowest BCUT2D eigenvalue weighted by molar-refractivity contribution is -0.136. The van der Waals surface area contributed by atoms with Gasteiger partial charge >= 0.3 is 5.97 Å². The molecule has 0 saturated carbocycles. The fourth-order valence-corrected chi connectivity index (χ4v) is 2.23. The zero-order valence-electron chi connectivity index (χ0n) is 12.3. The molecule has 1 heterocycles. The first-order valence-electron chi connectivity index (χ1n) is 6.72. The van der Waals surface area contributed by atoms with Gasteiger partial charge in [0.1, 0.15) is 6.61 Å². The van der Waals surface area contributed by atoms with E-state index in [4.69, 9.17) is 37.8 Å². The van der Waals surface area contributed by atoms with E-state index in [0.29, 0.717) is 16.7 Å². The molecule has 0 saturated heterocycles. The molecule has 0 spiro atoms. The van der Waals surface area contributed by atoms with Crippen molar-refractivity contribution in [3.8, 4) is 0 Å². The van der Waals surface area contributed by atoms with E-state index in [1.807, 2.05) is 6.07 Å². The molecule has 7 heteroatoms. The van der Waals surface area contributed by atoms with Crippen molar-refractivity contribution in [1.82, 2.24) is 4.98 Å². The molecule has 0 atom stereocenters. The lowest BCUT2D eigenvalue weighted by atomic mass is 10.2. The van der Waals surface area contributed by atoms with Crippen LogP contribution in [-0.4, -0.2) is 36.4 Å². The zero-order chi connectivity index (χ0) is 16.8. The number of benzene rings is 1. The van der Waals surface area contributed by atoms with Gasteiger partial charge in [-0.1, -0.05) is 29.3 Å². The second kappa shape index (κ2) is 8.06. The number of aliphatic carboxylic acids is 1. The predicted octanol–water partition coefficient (Wildman–Crippen LogP) is 4.12. The fraction of sp³-hybridized carbons (Fsp3) is 0.188. The molecule has 122 valence electrons. The number of H-pyrrole nitrogens is 1. The molecule has 0 unspecified atom stereocenters. The molecule has 0 aliphatic heterocycles. The van der Waals surface area contributed by atoms with E-state index in [1.54, 1.807) is 24.3 Å². The largest absolute Gasteiger partial charge is 0.484 e. The van der Waals surface area contributed by atoms with E-state index in [2.05, 4.69) is 4.98 Å². The van der Waals surface area contributed by atoms with E-state index in [1.165, 1.54) is 13.2 Å². The van der Waals surface area contributed by atoms with Crippen molar-refractivity contribution >= 4 is 46.2 Å². The van der Waals surface area contributed by atoms with Crippen LogP contribution >= 0.6 is 23.2 Å². The molecule has 2 N–H and O–H groups in total. The van der Waals surface area contributed by atoms with Gasteiger partial charge < -0.3 is 19.6 Å². The quantitative estimate of drug-likeness (QED) is 0.339. The van der Waals surface area contributed by atoms with E-state index >= 15 is 0 Å². The van der Waals surface area contributed by atoms with Crippen LogP contribution < -0.4 is 0 Å². The molecular formula is C16H15Cl2NO4. The molecule has 0 aliphatic carbocycles. The van der Waals surface area contributed by atoms with Crippen LogP contribution in [0, 0.1) is 0 Å². The van der Waals surface area contributed by atoms with Gasteiger partial charge in [-0.3, -0.25) is 0 Å². The summed E-state index contributed by atoms with van der Waals surface area (Å²) in [5.41, 5.74) is 1.63. The second-order valence-corrected chi connectivity index (χ2v) is 5.43. The molecule has 0 radical (unpaired) electrons. The summed E-state index contributed by atoms with van der Waals surface area (Å²) in [5.74, 6) is -1.29. The molecular weight excluding hydrogens is 341 g/mol. The first-order chi connectivity index (χ1) is 11.0. The van der Waals surface area contributed by atoms with E-state index in [0.717, 1.165) is 16.6 Å². The average Bonchev–Trinajstić information content (AvgIpc) is 2.87. The Hall–Kier alpha value is -1.95. The summed E-state index contributed by atoms with van der Waals surface area (Å²) in [7, 11) is 1.52. The lowest BCUT2D eigenvalue weighted by Gasteiger charge is -2.04. The summed E-state index contributed by atoms with van der Waals surface area (Å²) in [6, 6.07) is 5.39. The zero-order valence-corrected chi connectivity index (χ0v) is 13.8. The second-order valence-electron chi connectivity index (χ2n) is 4.61. The molecule has 5 nitrogen and oxygen atoms in total. The molecule has 0 aliphatic rings. The van der Waals surface area contributed by atoms with Crippen LogP contribution in [0.4, 0.5) is 0 Å². The van der Waals surface area contributed by atoms with Crippen LogP contribution in [0.5, 0.6) is 0 Å². The number of halogens is 2. The number of rotatable bonds is 7. The van der Waals surface area contributed by atoms with Gasteiger partial charge in [0.2, 0.25) is 5.76 Å². The SMILES string of the molecule is COCCO/C(=C\C=C\c1cc2cc(Cl)c(Cl)cc2[nH]1)C(=O)O. The Balaban J connectivity index is 2.14. The van der Waals surface area contributed by atoms with Crippen LogP contribution in [0.15, 0.2) is 36.1 Å². The van der Waals surface area contributed by atoms with Gasteiger partial charge in [0.15, 0.2) is 0 Å². The van der Waals surface area contributed by atoms with Crippen molar-refractivity contribution in [2.24, 2.45) is 0 Å². The van der Waals surface area contributed by atoms with E-state index in [9.17, 15) is 4.79 Å². The van der Waals surface area contributed by atoms with Crippen LogP contribution in [-0.2, 0) is 14.3 Å². The molecule has 0 fully saturated rings. The fourth-order valence-electron chi connectivity index (χ4n) is 1.89. The summed E-state index contributed by atoms with van der Waals surface area (Å²) in [4.78, 5) is 14.2. The Bertz CT molecular complexity index is 726. The number of carboxylic acids is 1. The van der Waals surface area contributed by atoms with Crippen LogP contribution in [0.2, 0.25) is 10.0 Å². The third kappa shape index (κ3) is 4.76. The molecule has 23 heavy (non-hydrogen) atoms. The molecule has 2 aromatic rings. The summed E-state index contributed by atoms with van der Waals surface area (Å²) < 4.78 is 9.92. The number of fused-ring (bicyclic) bond motifs is 1. The van der Waals surface area contributed by atoms with Gasteiger partial charge in [-0.15, -0.1) is 0 Å². The number of nitrogens with one attached hydrogen (secondary N) is 1. The minimum atomic E-state index is -1.14. The summed E-state index contributed by atoms with van der Waals surface area (Å²) in [5, 5.41) is 10.9. The first-order valence-corrected chi connectivity index (χ1v) is 7.48. The van der Waals surface area contributed by atoms with Crippen molar-refractivity contribution in [3.05, 3.63) is 51.8 Å². The number of ether oxygens (including phenoxy) is 2. The number of hydrogen-bond acceptors (Lipinski definition) is 3. The standard InChI is InChI=1S/C16H15Cl2NO4/c1-22-5-6-23-15(16(20)21)4-2-3-11-7-10-8-12(17)13(18)9-14(10)19-11/h2-4,7-9,19H,5-6H2,1H3,(H,20,21)/b3-2+,15-4-. The van der Waals surface area contributed by atoms with Crippen LogP contribution in [0.1, 0.15) is 5.69 Å². The Labute approximate surface area is 143 Å². The first kappa shape index (κ1) is 17.4. The molecule has 0 bridgehead atoms. The van der Waals surface area contributed by atoms with E-state index < -0.39 is 5.97 Å². The van der Waals surface area contributed by atoms with Crippen LogP contribution in [0.25, 0.3) is 17.0 Å². The number of allylic oxidation sites excluding steroid dienone is 2. The van der Waals surface area contributed by atoms with Crippen LogP contribution in [0.3, 0.4) is 0 Å². The number of methoxy groups -OCH3 is 1. The lowest BCUT2D eigenvalue weighted by Crippen LogP contribution is -2.08. The summed E-state index contributed by atoms with van der Waals surface area (Å²) in [6.45, 7) is 0.490. The third-order valence-electron chi connectivity index (χ3n) is 2.96. The molecule has 0 amide bonds. The van der Waals surface area contributed by atoms with Crippen molar-refractivity contribution in [2.45, 2.75) is 0 Å². The van der Waals surface area contributed by atoms with Gasteiger partial charge in [-0.2, -0.15) is 0 Å². The Morgan fingerprint density at radius 3 is 2.70 bits per heavy atom. The molecule has 1 aromatic heterocycles. The topological polar surface area (TPSA) is 71.5 Å². The highest BCUT2D eigenvalue weighted by Gasteiger charge is 2.07. The van der Waals surface area contributed by atoms with Crippen molar-refractivity contribution in [3.63, 3.8) is 0 Å². The number of aromatic amines is 1. The van der Waals surface area contributed by atoms with Crippen molar-refractivity contribution in [1.29, 1.82) is 0 Å². The highest BCUT2D eigenvalue weighted by Crippen LogP contribution is 2.28. The molecule has 2 rings (SSSR count). The summed E-state index contributed by atoms with van der Waals surface area (Å²) in [6.07, 6.45) is 4.69. The highest BCUT2D eigenvalue weighted by molar-refractivity contribution is 6.42. The maximum atomic E-state index is 11.0. The summed E-state index contributed by atoms with van der Waals surface area (Å²) >= 11 is 11.9. The molecule has 1 aromatic carbocycles. The predicted molar refractivity (Wildman–Crippen MR) is 90.9 cm³/mol. The average molecular weight is 356 g/mol. The van der Waals surface area contributed by atoms with Gasteiger partial charge in [-0.05, 0) is 30.4 Å². The third-order valence-corrected chi connectivity index (χ3v) is 3.68. The number of carbonyl (C=O) groups is 1. The Kier molecular flexibility index (Phi) is 6.10. The number of carboxylic acid groups (broad SMARTS) is 1. The van der Waals surface area contributed by atoms with E-state index in [-0.39, 0.29) is 12.4 Å². The maximum Gasteiger partial charge on any atom is 0.371 e. The smallest absolute Gasteiger partial charge is 0.371 e. The number of aromatic nitrogens is 1. The highest BCUT2D eigenvalue weighted by atomic mass is 35.5. The van der Waals surface area contributed by atoms with Crippen molar-refractivity contribution < 1.29 is 19.4 Å². The van der Waals surface area contributed by atoms with Gasteiger partial charge in [-0.25, -0.2) is 4.79 Å². The van der Waals surface area contributed by atoms with Gasteiger partial charge in [0, 0.05) is 23.7 Å². The Morgan fingerprint density at radius 1 is 1.26 bits per heavy atom. The Morgan fingerprint density at radius 2 is 2.00 bits per heavy atom. The normalized spacial score (nSPS) is 12.2. The number of hydrogen-bond donors (Lipinski definition) is 2. The maximum absolute atomic E-state index is 11.0. The van der Waals surface area contributed by atoms with Gasteiger partial charge in [0.05, 0.1) is 16.7 Å².